The second-order valence-corrected chi connectivity index (χ2v) is 7.20. The van der Waals surface area contributed by atoms with E-state index < -0.39 is 23.7 Å². The summed E-state index contributed by atoms with van der Waals surface area (Å²) in [6, 6.07) is 9.53. The third kappa shape index (κ3) is 3.72. The molecule has 6 heteroatoms. The highest BCUT2D eigenvalue weighted by Gasteiger charge is 2.44. The van der Waals surface area contributed by atoms with Gasteiger partial charge in [-0.3, -0.25) is 4.79 Å². The second-order valence-electron chi connectivity index (χ2n) is 7.20. The Kier molecular flexibility index (Phi) is 5.74. The van der Waals surface area contributed by atoms with Gasteiger partial charge in [-0.2, -0.15) is 0 Å². The minimum absolute atomic E-state index is 0.0329. The predicted octanol–water partition coefficient (Wildman–Crippen LogP) is 0.277. The van der Waals surface area contributed by atoms with Gasteiger partial charge in [0, 0.05) is 6.61 Å². The van der Waals surface area contributed by atoms with E-state index in [9.17, 15) is 15.0 Å². The normalized spacial score (nSPS) is 30.0. The second kappa shape index (κ2) is 7.83. The molecule has 0 spiro atoms. The summed E-state index contributed by atoms with van der Waals surface area (Å²) in [5, 5.41) is 22.7. The van der Waals surface area contributed by atoms with E-state index in [1.165, 1.54) is 0 Å². The van der Waals surface area contributed by atoms with Crippen LogP contribution in [-0.2, 0) is 14.9 Å². The lowest BCUT2D eigenvalue weighted by atomic mass is 9.71. The number of piperidine rings is 1. The largest absolute Gasteiger partial charge is 0.394 e. The van der Waals surface area contributed by atoms with Gasteiger partial charge in [0.15, 0.2) is 0 Å². The highest BCUT2D eigenvalue weighted by Crippen LogP contribution is 2.36. The van der Waals surface area contributed by atoms with Crippen molar-refractivity contribution in [2.45, 2.75) is 42.9 Å². The number of nitrogens with zero attached hydrogens (tertiary/aromatic N) is 1. The summed E-state index contributed by atoms with van der Waals surface area (Å²) in [6.07, 6.45) is 0.532. The standard InChI is InChI=1S/C19H28N2O4/c1-21-10-8-19(9-11-21,14-5-3-2-4-6-14)18(24)20-15-7-12-25-16(13-22)17(15)23/h2-6,15-17,22-23H,7-13H2,1H3,(H,20,24)/t15-,16+,17-/m0/s1. The zero-order valence-corrected chi connectivity index (χ0v) is 14.7. The van der Waals surface area contributed by atoms with E-state index in [4.69, 9.17) is 4.74 Å². The summed E-state index contributed by atoms with van der Waals surface area (Å²) < 4.78 is 5.36. The molecular weight excluding hydrogens is 320 g/mol. The van der Waals surface area contributed by atoms with Crippen molar-refractivity contribution in [3.05, 3.63) is 35.9 Å². The lowest BCUT2D eigenvalue weighted by molar-refractivity contribution is -0.137. The van der Waals surface area contributed by atoms with Crippen molar-refractivity contribution in [3.63, 3.8) is 0 Å². The number of benzene rings is 1. The molecule has 3 N–H and O–H groups in total. The van der Waals surface area contributed by atoms with Crippen LogP contribution in [0.1, 0.15) is 24.8 Å². The maximum Gasteiger partial charge on any atom is 0.231 e. The lowest BCUT2D eigenvalue weighted by Crippen LogP contribution is -2.59. The van der Waals surface area contributed by atoms with Crippen molar-refractivity contribution >= 4 is 5.91 Å². The van der Waals surface area contributed by atoms with Crippen LogP contribution in [0.3, 0.4) is 0 Å². The Labute approximate surface area is 148 Å². The van der Waals surface area contributed by atoms with Crippen molar-refractivity contribution in [1.82, 2.24) is 10.2 Å². The van der Waals surface area contributed by atoms with Crippen LogP contribution in [0, 0.1) is 0 Å². The van der Waals surface area contributed by atoms with Crippen molar-refractivity contribution < 1.29 is 19.7 Å². The van der Waals surface area contributed by atoms with E-state index in [1.54, 1.807) is 0 Å². The fourth-order valence-electron chi connectivity index (χ4n) is 3.90. The number of rotatable bonds is 4. The van der Waals surface area contributed by atoms with Crippen LogP contribution in [-0.4, -0.2) is 72.6 Å². The summed E-state index contributed by atoms with van der Waals surface area (Å²) in [7, 11) is 2.07. The van der Waals surface area contributed by atoms with Crippen molar-refractivity contribution in [3.8, 4) is 0 Å². The molecule has 0 aliphatic carbocycles. The van der Waals surface area contributed by atoms with E-state index >= 15 is 0 Å². The molecule has 0 unspecified atom stereocenters. The first-order valence-corrected chi connectivity index (χ1v) is 9.02. The van der Waals surface area contributed by atoms with Gasteiger partial charge in [-0.1, -0.05) is 30.3 Å². The summed E-state index contributed by atoms with van der Waals surface area (Å²) in [5.41, 5.74) is 0.460. The maximum absolute atomic E-state index is 13.3. The zero-order valence-electron chi connectivity index (χ0n) is 14.7. The first-order chi connectivity index (χ1) is 12.1. The number of likely N-dealkylation sites (tertiary alicyclic amines) is 1. The molecule has 6 nitrogen and oxygen atoms in total. The summed E-state index contributed by atoms with van der Waals surface area (Å²) in [5.74, 6) is -0.0329. The van der Waals surface area contributed by atoms with Crippen LogP contribution in [0.25, 0.3) is 0 Å². The fourth-order valence-corrected chi connectivity index (χ4v) is 3.90. The van der Waals surface area contributed by atoms with Crippen LogP contribution in [0.5, 0.6) is 0 Å². The summed E-state index contributed by atoms with van der Waals surface area (Å²) >= 11 is 0. The molecule has 2 saturated heterocycles. The highest BCUT2D eigenvalue weighted by atomic mass is 16.5. The number of aliphatic hydroxyl groups excluding tert-OH is 2. The number of amides is 1. The van der Waals surface area contributed by atoms with Crippen LogP contribution < -0.4 is 5.32 Å². The van der Waals surface area contributed by atoms with Gasteiger partial charge < -0.3 is 25.2 Å². The number of carbonyl (C=O) groups excluding carboxylic acids is 1. The first kappa shape index (κ1) is 18.3. The zero-order chi connectivity index (χ0) is 17.9. The molecular formula is C19H28N2O4. The van der Waals surface area contributed by atoms with Crippen LogP contribution in [0.15, 0.2) is 30.3 Å². The Morgan fingerprint density at radius 3 is 2.64 bits per heavy atom. The van der Waals surface area contributed by atoms with E-state index in [1.807, 2.05) is 30.3 Å². The molecule has 1 aromatic rings. The Bertz CT molecular complexity index is 572. The fraction of sp³-hybridized carbons (Fsp3) is 0.632. The van der Waals surface area contributed by atoms with E-state index in [-0.39, 0.29) is 12.5 Å². The molecule has 3 rings (SSSR count). The molecule has 138 valence electrons. The van der Waals surface area contributed by atoms with Crippen LogP contribution >= 0.6 is 0 Å². The molecule has 1 amide bonds. The average Bonchev–Trinajstić information content (AvgIpc) is 2.65. The van der Waals surface area contributed by atoms with Crippen LogP contribution in [0.2, 0.25) is 0 Å². The van der Waals surface area contributed by atoms with Crippen LogP contribution in [0.4, 0.5) is 0 Å². The molecule has 1 aromatic carbocycles. The molecule has 2 aliphatic heterocycles. The lowest BCUT2D eigenvalue weighted by Gasteiger charge is -2.42. The molecule has 25 heavy (non-hydrogen) atoms. The highest BCUT2D eigenvalue weighted by molar-refractivity contribution is 5.88. The minimum atomic E-state index is -0.887. The molecule has 0 bridgehead atoms. The third-order valence-electron chi connectivity index (χ3n) is 5.65. The Balaban J connectivity index is 1.80. The quantitative estimate of drug-likeness (QED) is 0.728. The van der Waals surface area contributed by atoms with Gasteiger partial charge in [-0.25, -0.2) is 0 Å². The first-order valence-electron chi connectivity index (χ1n) is 9.02. The van der Waals surface area contributed by atoms with Crippen molar-refractivity contribution in [2.24, 2.45) is 0 Å². The van der Waals surface area contributed by atoms with E-state index in [2.05, 4.69) is 17.3 Å². The van der Waals surface area contributed by atoms with Gasteiger partial charge >= 0.3 is 0 Å². The van der Waals surface area contributed by atoms with Gasteiger partial charge in [-0.05, 0) is 45.0 Å². The van der Waals surface area contributed by atoms with Crippen molar-refractivity contribution in [2.75, 3.05) is 33.4 Å². The Hall–Kier alpha value is -1.47. The Morgan fingerprint density at radius 2 is 2.00 bits per heavy atom. The van der Waals surface area contributed by atoms with E-state index in [0.29, 0.717) is 13.0 Å². The number of hydrogen-bond acceptors (Lipinski definition) is 5. The number of ether oxygens (including phenoxy) is 1. The molecule has 2 fully saturated rings. The van der Waals surface area contributed by atoms with E-state index in [0.717, 1.165) is 31.5 Å². The molecule has 0 saturated carbocycles. The summed E-state index contributed by atoms with van der Waals surface area (Å²) in [6.45, 7) is 1.90. The summed E-state index contributed by atoms with van der Waals surface area (Å²) in [4.78, 5) is 15.5. The topological polar surface area (TPSA) is 82.0 Å². The predicted molar refractivity (Wildman–Crippen MR) is 94.2 cm³/mol. The smallest absolute Gasteiger partial charge is 0.231 e. The Morgan fingerprint density at radius 1 is 1.32 bits per heavy atom. The molecule has 0 radical (unpaired) electrons. The monoisotopic (exact) mass is 348 g/mol. The molecule has 0 aromatic heterocycles. The number of hydrogen-bond donors (Lipinski definition) is 3. The maximum atomic E-state index is 13.3. The minimum Gasteiger partial charge on any atom is -0.394 e. The number of aliphatic hydroxyl groups is 2. The number of carbonyl (C=O) groups is 1. The van der Waals surface area contributed by atoms with Gasteiger partial charge in [0.05, 0.1) is 18.1 Å². The molecule has 2 heterocycles. The SMILES string of the molecule is CN1CCC(C(=O)N[C@H]2CCO[C@H](CO)[C@H]2O)(c2ccccc2)CC1. The molecule has 2 aliphatic rings. The van der Waals surface area contributed by atoms with Gasteiger partial charge in [0.25, 0.3) is 0 Å². The number of nitrogens with one attached hydrogen (secondary N) is 1. The van der Waals surface area contributed by atoms with Gasteiger partial charge in [-0.15, -0.1) is 0 Å². The molecule has 3 atom stereocenters. The van der Waals surface area contributed by atoms with Gasteiger partial charge in [0.1, 0.15) is 12.2 Å². The van der Waals surface area contributed by atoms with Gasteiger partial charge in [0.2, 0.25) is 5.91 Å². The average molecular weight is 348 g/mol. The van der Waals surface area contributed by atoms with Crippen molar-refractivity contribution in [1.29, 1.82) is 0 Å². The third-order valence-corrected chi connectivity index (χ3v) is 5.65.